The zero-order valence-electron chi connectivity index (χ0n) is 16.3. The molecule has 4 nitrogen and oxygen atoms in total. The molecule has 0 saturated heterocycles. The summed E-state index contributed by atoms with van der Waals surface area (Å²) in [5.74, 6) is -1.01. The van der Waals surface area contributed by atoms with E-state index in [0.717, 1.165) is 32.1 Å². The number of rotatable bonds is 10. The molecule has 0 saturated carbocycles. The fourth-order valence-corrected chi connectivity index (χ4v) is 2.74. The second-order valence-electron chi connectivity index (χ2n) is 6.29. The summed E-state index contributed by atoms with van der Waals surface area (Å²) in [7, 11) is 0. The summed E-state index contributed by atoms with van der Waals surface area (Å²) >= 11 is 0. The van der Waals surface area contributed by atoms with Crippen molar-refractivity contribution >= 4 is 6.29 Å². The third-order valence-electron chi connectivity index (χ3n) is 4.36. The average molecular weight is 413 g/mol. The van der Waals surface area contributed by atoms with Crippen LogP contribution in [0.4, 0.5) is 17.6 Å². The van der Waals surface area contributed by atoms with Crippen molar-refractivity contribution in [2.24, 2.45) is 0 Å². The van der Waals surface area contributed by atoms with Gasteiger partial charge in [-0.3, -0.25) is 4.79 Å². The molecule has 2 rings (SSSR count). The number of aldehydes is 1. The first-order chi connectivity index (χ1) is 13.8. The number of nitrogens with zero attached hydrogens (tertiary/aromatic N) is 1. The van der Waals surface area contributed by atoms with E-state index in [4.69, 9.17) is 9.47 Å². The van der Waals surface area contributed by atoms with E-state index in [0.29, 0.717) is 36.3 Å². The highest BCUT2D eigenvalue weighted by Gasteiger charge is 2.34. The molecular formula is C21H23F4NO3. The van der Waals surface area contributed by atoms with Crippen molar-refractivity contribution in [2.75, 3.05) is 26.2 Å². The van der Waals surface area contributed by atoms with Crippen molar-refractivity contribution in [1.29, 1.82) is 0 Å². The van der Waals surface area contributed by atoms with E-state index < -0.39 is 17.6 Å². The quantitative estimate of drug-likeness (QED) is 0.290. The molecule has 0 aromatic heterocycles. The molecule has 0 aliphatic rings. The third-order valence-corrected chi connectivity index (χ3v) is 4.36. The first-order valence-electron chi connectivity index (χ1n) is 9.27. The van der Waals surface area contributed by atoms with Gasteiger partial charge in [-0.05, 0) is 43.8 Å². The summed E-state index contributed by atoms with van der Waals surface area (Å²) in [5.41, 5.74) is -1.04. The van der Waals surface area contributed by atoms with Gasteiger partial charge in [0, 0.05) is 18.7 Å². The molecular weight excluding hydrogens is 390 g/mol. The van der Waals surface area contributed by atoms with Crippen molar-refractivity contribution in [3.05, 3.63) is 53.3 Å². The predicted octanol–water partition coefficient (Wildman–Crippen LogP) is 5.56. The Morgan fingerprint density at radius 1 is 1.03 bits per heavy atom. The minimum Gasteiger partial charge on any atom is -0.493 e. The van der Waals surface area contributed by atoms with Crippen LogP contribution < -0.4 is 9.47 Å². The minimum absolute atomic E-state index is 0.0955. The van der Waals surface area contributed by atoms with E-state index in [2.05, 4.69) is 18.7 Å². The van der Waals surface area contributed by atoms with E-state index >= 15 is 0 Å². The molecule has 0 amide bonds. The summed E-state index contributed by atoms with van der Waals surface area (Å²) < 4.78 is 62.8. The Kier molecular flexibility index (Phi) is 8.01. The van der Waals surface area contributed by atoms with Crippen LogP contribution in [0.2, 0.25) is 0 Å². The first kappa shape index (κ1) is 22.7. The Morgan fingerprint density at radius 3 is 2.28 bits per heavy atom. The van der Waals surface area contributed by atoms with Crippen LogP contribution in [-0.2, 0) is 6.18 Å². The Morgan fingerprint density at radius 2 is 1.69 bits per heavy atom. The van der Waals surface area contributed by atoms with Crippen molar-refractivity contribution in [3.63, 3.8) is 0 Å². The van der Waals surface area contributed by atoms with Crippen LogP contribution in [0.5, 0.6) is 17.2 Å². The normalized spacial score (nSPS) is 11.6. The maximum Gasteiger partial charge on any atom is 0.419 e. The highest BCUT2D eigenvalue weighted by Crippen LogP contribution is 2.34. The van der Waals surface area contributed by atoms with Gasteiger partial charge in [0.1, 0.15) is 23.1 Å². The van der Waals surface area contributed by atoms with Crippen molar-refractivity contribution in [2.45, 2.75) is 26.4 Å². The van der Waals surface area contributed by atoms with Crippen LogP contribution in [0, 0.1) is 5.82 Å². The fraction of sp³-hybridized carbons (Fsp3) is 0.381. The van der Waals surface area contributed by atoms with Crippen molar-refractivity contribution < 1.29 is 31.8 Å². The van der Waals surface area contributed by atoms with Crippen LogP contribution in [-0.4, -0.2) is 37.4 Å². The first-order valence-corrected chi connectivity index (χ1v) is 9.27. The highest BCUT2D eigenvalue weighted by molar-refractivity contribution is 5.79. The van der Waals surface area contributed by atoms with Crippen molar-refractivity contribution in [3.8, 4) is 17.2 Å². The lowest BCUT2D eigenvalue weighted by Crippen LogP contribution is -2.25. The van der Waals surface area contributed by atoms with Gasteiger partial charge in [0.05, 0.1) is 17.7 Å². The maximum absolute atomic E-state index is 13.7. The Bertz CT molecular complexity index is 820. The summed E-state index contributed by atoms with van der Waals surface area (Å²) in [6.07, 6.45) is -3.38. The zero-order chi connectivity index (χ0) is 21.4. The molecule has 0 aliphatic heterocycles. The lowest BCUT2D eigenvalue weighted by molar-refractivity contribution is -0.140. The maximum atomic E-state index is 13.7. The van der Waals surface area contributed by atoms with Gasteiger partial charge in [-0.15, -0.1) is 0 Å². The zero-order valence-corrected chi connectivity index (χ0v) is 16.3. The summed E-state index contributed by atoms with van der Waals surface area (Å²) in [6.45, 7) is 7.24. The number of ether oxygens (including phenoxy) is 2. The monoisotopic (exact) mass is 413 g/mol. The van der Waals surface area contributed by atoms with E-state index in [-0.39, 0.29) is 11.5 Å². The Hall–Kier alpha value is -2.61. The van der Waals surface area contributed by atoms with Crippen LogP contribution in [0.3, 0.4) is 0 Å². The highest BCUT2D eigenvalue weighted by atomic mass is 19.4. The molecule has 8 heteroatoms. The molecule has 0 bridgehead atoms. The van der Waals surface area contributed by atoms with Crippen LogP contribution in [0.1, 0.15) is 36.2 Å². The number of carbonyl (C=O) groups excluding carboxylic acids is 1. The SMILES string of the molecule is CCN(CC)CCCOc1cc(Oc2ccc(C(F)(F)F)c(F)c2)ccc1C=O. The molecule has 0 heterocycles. The second kappa shape index (κ2) is 10.2. The number of alkyl halides is 3. The molecule has 0 spiro atoms. The number of carbonyl (C=O) groups is 1. The van der Waals surface area contributed by atoms with Crippen LogP contribution in [0.25, 0.3) is 0 Å². The Balaban J connectivity index is 2.08. The largest absolute Gasteiger partial charge is 0.493 e. The number of hydrogen-bond donors (Lipinski definition) is 0. The molecule has 0 unspecified atom stereocenters. The minimum atomic E-state index is -4.78. The van der Waals surface area contributed by atoms with Crippen LogP contribution in [0.15, 0.2) is 36.4 Å². The third kappa shape index (κ3) is 6.45. The molecule has 0 N–H and O–H groups in total. The number of halogens is 4. The molecule has 0 radical (unpaired) electrons. The lowest BCUT2D eigenvalue weighted by Gasteiger charge is -2.18. The lowest BCUT2D eigenvalue weighted by atomic mass is 10.2. The molecule has 29 heavy (non-hydrogen) atoms. The summed E-state index contributed by atoms with van der Waals surface area (Å²) in [5, 5.41) is 0. The molecule has 2 aromatic rings. The molecule has 2 aromatic carbocycles. The van der Waals surface area contributed by atoms with Gasteiger partial charge in [-0.2, -0.15) is 13.2 Å². The predicted molar refractivity (Wildman–Crippen MR) is 101 cm³/mol. The molecule has 0 atom stereocenters. The molecule has 0 fully saturated rings. The second-order valence-corrected chi connectivity index (χ2v) is 6.29. The van der Waals surface area contributed by atoms with Crippen LogP contribution >= 0.6 is 0 Å². The number of benzene rings is 2. The van der Waals surface area contributed by atoms with Gasteiger partial charge in [0.15, 0.2) is 6.29 Å². The van der Waals surface area contributed by atoms with Gasteiger partial charge >= 0.3 is 6.18 Å². The fourth-order valence-electron chi connectivity index (χ4n) is 2.74. The van der Waals surface area contributed by atoms with E-state index in [1.807, 2.05) is 0 Å². The van der Waals surface area contributed by atoms with E-state index in [1.54, 1.807) is 0 Å². The van der Waals surface area contributed by atoms with Gasteiger partial charge in [0.25, 0.3) is 0 Å². The summed E-state index contributed by atoms with van der Waals surface area (Å²) in [6, 6.07) is 6.71. The number of hydrogen-bond acceptors (Lipinski definition) is 4. The average Bonchev–Trinajstić information content (AvgIpc) is 2.67. The summed E-state index contributed by atoms with van der Waals surface area (Å²) in [4.78, 5) is 13.5. The van der Waals surface area contributed by atoms with Gasteiger partial charge in [-0.1, -0.05) is 13.8 Å². The van der Waals surface area contributed by atoms with E-state index in [9.17, 15) is 22.4 Å². The topological polar surface area (TPSA) is 38.8 Å². The van der Waals surface area contributed by atoms with E-state index in [1.165, 1.54) is 18.2 Å². The van der Waals surface area contributed by atoms with Gasteiger partial charge < -0.3 is 14.4 Å². The van der Waals surface area contributed by atoms with Gasteiger partial charge in [0.2, 0.25) is 0 Å². The molecule has 0 aliphatic carbocycles. The Labute approximate surface area is 167 Å². The van der Waals surface area contributed by atoms with Crippen molar-refractivity contribution in [1.82, 2.24) is 4.90 Å². The molecule has 158 valence electrons. The standard InChI is InChI=1S/C21H23F4NO3/c1-3-26(4-2)10-5-11-28-20-13-17(7-6-15(20)14-27)29-16-8-9-18(19(22)12-16)21(23,24)25/h6-9,12-14H,3-5,10-11H2,1-2H3. The smallest absolute Gasteiger partial charge is 0.419 e. The van der Waals surface area contributed by atoms with Gasteiger partial charge in [-0.25, -0.2) is 4.39 Å².